The Labute approximate surface area is 157 Å². The van der Waals surface area contributed by atoms with Crippen molar-refractivity contribution in [1.82, 2.24) is 14.7 Å². The number of nitrogens with zero attached hydrogens (tertiary/aromatic N) is 3. The van der Waals surface area contributed by atoms with E-state index in [4.69, 9.17) is 0 Å². The first kappa shape index (κ1) is 19.7. The van der Waals surface area contributed by atoms with Gasteiger partial charge in [-0.05, 0) is 62.9 Å². The average molecular weight is 364 g/mol. The molecular formula is C21H34FN3O. The molecule has 26 heavy (non-hydrogen) atoms. The maximum Gasteiger partial charge on any atom is 0.126 e. The predicted octanol–water partition coefficient (Wildman–Crippen LogP) is 2.34. The number of aliphatic hydroxyl groups excluding tert-OH is 1. The van der Waals surface area contributed by atoms with Crippen molar-refractivity contribution < 1.29 is 9.50 Å². The van der Waals surface area contributed by atoms with Crippen molar-refractivity contribution in [1.29, 1.82) is 0 Å². The SMILES string of the molecule is Cc1c(F)cccc1CN1CC[C@H](N2CCN(C)CC2)[C@H](CCCO)C1. The summed E-state index contributed by atoms with van der Waals surface area (Å²) in [6, 6.07) is 6.04. The molecule has 1 aromatic rings. The summed E-state index contributed by atoms with van der Waals surface area (Å²) in [6.45, 7) is 9.70. The van der Waals surface area contributed by atoms with Crippen LogP contribution >= 0.6 is 0 Å². The minimum absolute atomic E-state index is 0.105. The highest BCUT2D eigenvalue weighted by molar-refractivity contribution is 5.27. The molecule has 1 N–H and O–H groups in total. The lowest BCUT2D eigenvalue weighted by molar-refractivity contribution is 0.0211. The Bertz CT molecular complexity index is 574. The fourth-order valence-electron chi connectivity index (χ4n) is 4.57. The molecule has 0 saturated carbocycles. The third-order valence-electron chi connectivity index (χ3n) is 6.29. The molecule has 146 valence electrons. The van der Waals surface area contributed by atoms with Crippen LogP contribution < -0.4 is 0 Å². The molecule has 0 aliphatic carbocycles. The Kier molecular flexibility index (Phi) is 7.04. The summed E-state index contributed by atoms with van der Waals surface area (Å²) in [5.41, 5.74) is 1.88. The molecular weight excluding hydrogens is 329 g/mol. The van der Waals surface area contributed by atoms with Gasteiger partial charge in [0.15, 0.2) is 0 Å². The fraction of sp³-hybridized carbons (Fsp3) is 0.714. The van der Waals surface area contributed by atoms with Gasteiger partial charge in [0.05, 0.1) is 0 Å². The topological polar surface area (TPSA) is 30.0 Å². The molecule has 4 nitrogen and oxygen atoms in total. The van der Waals surface area contributed by atoms with Crippen molar-refractivity contribution in [3.05, 3.63) is 35.1 Å². The Hall–Kier alpha value is -1.01. The van der Waals surface area contributed by atoms with Crippen LogP contribution in [-0.2, 0) is 6.54 Å². The average Bonchev–Trinajstić information content (AvgIpc) is 2.65. The largest absolute Gasteiger partial charge is 0.396 e. The van der Waals surface area contributed by atoms with Gasteiger partial charge in [-0.2, -0.15) is 0 Å². The van der Waals surface area contributed by atoms with Gasteiger partial charge in [-0.15, -0.1) is 0 Å². The van der Waals surface area contributed by atoms with Crippen LogP contribution in [0.5, 0.6) is 0 Å². The van der Waals surface area contributed by atoms with E-state index in [-0.39, 0.29) is 12.4 Å². The zero-order valence-electron chi connectivity index (χ0n) is 16.3. The molecule has 2 atom stereocenters. The van der Waals surface area contributed by atoms with Crippen molar-refractivity contribution >= 4 is 0 Å². The number of rotatable bonds is 6. The van der Waals surface area contributed by atoms with Crippen molar-refractivity contribution in [3.63, 3.8) is 0 Å². The third kappa shape index (κ3) is 4.83. The Balaban J connectivity index is 1.64. The molecule has 0 bridgehead atoms. The van der Waals surface area contributed by atoms with Gasteiger partial charge >= 0.3 is 0 Å². The smallest absolute Gasteiger partial charge is 0.126 e. The van der Waals surface area contributed by atoms with Gasteiger partial charge in [0.2, 0.25) is 0 Å². The quantitative estimate of drug-likeness (QED) is 0.840. The van der Waals surface area contributed by atoms with E-state index in [0.29, 0.717) is 12.0 Å². The second-order valence-electron chi connectivity index (χ2n) is 8.08. The molecule has 0 spiro atoms. The Morgan fingerprint density at radius 2 is 1.92 bits per heavy atom. The molecule has 0 radical (unpaired) electrons. The van der Waals surface area contributed by atoms with Gasteiger partial charge in [-0.25, -0.2) is 4.39 Å². The molecule has 2 fully saturated rings. The van der Waals surface area contributed by atoms with Gasteiger partial charge in [0.1, 0.15) is 5.82 Å². The van der Waals surface area contributed by atoms with Gasteiger partial charge in [0, 0.05) is 51.9 Å². The minimum atomic E-state index is -0.105. The van der Waals surface area contributed by atoms with Crippen LogP contribution in [0.2, 0.25) is 0 Å². The third-order valence-corrected chi connectivity index (χ3v) is 6.29. The molecule has 0 unspecified atom stereocenters. The van der Waals surface area contributed by atoms with Crippen molar-refractivity contribution in [2.24, 2.45) is 5.92 Å². The molecule has 0 aromatic heterocycles. The first-order valence-electron chi connectivity index (χ1n) is 10.1. The number of hydrogen-bond acceptors (Lipinski definition) is 4. The lowest BCUT2D eigenvalue weighted by atomic mass is 9.86. The van der Waals surface area contributed by atoms with E-state index in [2.05, 4.69) is 21.7 Å². The van der Waals surface area contributed by atoms with E-state index in [1.807, 2.05) is 19.1 Å². The van der Waals surface area contributed by atoms with E-state index in [1.165, 1.54) is 6.42 Å². The second-order valence-corrected chi connectivity index (χ2v) is 8.08. The van der Waals surface area contributed by atoms with Gasteiger partial charge in [0.25, 0.3) is 0 Å². The van der Waals surface area contributed by atoms with Crippen LogP contribution in [0.15, 0.2) is 18.2 Å². The first-order valence-corrected chi connectivity index (χ1v) is 10.1. The molecule has 2 saturated heterocycles. The van der Waals surface area contributed by atoms with Crippen LogP contribution in [0.4, 0.5) is 4.39 Å². The molecule has 5 heteroatoms. The monoisotopic (exact) mass is 363 g/mol. The lowest BCUT2D eigenvalue weighted by Gasteiger charge is -2.46. The zero-order chi connectivity index (χ0) is 18.5. The highest BCUT2D eigenvalue weighted by Crippen LogP contribution is 2.28. The van der Waals surface area contributed by atoms with Crippen molar-refractivity contribution in [3.8, 4) is 0 Å². The minimum Gasteiger partial charge on any atom is -0.396 e. The standard InChI is InChI=1S/C21H34FN3O/c1-17-18(5-3-7-20(17)22)15-24-9-8-21(19(16-24)6-4-14-26)25-12-10-23(2)11-13-25/h3,5,7,19,21,26H,4,6,8-16H2,1-2H3/t19-,21+/m1/s1. The van der Waals surface area contributed by atoms with Crippen molar-refractivity contribution in [2.45, 2.75) is 38.8 Å². The van der Waals surface area contributed by atoms with E-state index in [1.54, 1.807) is 6.07 Å². The molecule has 2 heterocycles. The van der Waals surface area contributed by atoms with Crippen LogP contribution in [0.25, 0.3) is 0 Å². The predicted molar refractivity (Wildman–Crippen MR) is 104 cm³/mol. The summed E-state index contributed by atoms with van der Waals surface area (Å²) < 4.78 is 13.9. The Morgan fingerprint density at radius 3 is 2.65 bits per heavy atom. The summed E-state index contributed by atoms with van der Waals surface area (Å²) in [7, 11) is 2.20. The summed E-state index contributed by atoms with van der Waals surface area (Å²) in [4.78, 5) is 7.56. The zero-order valence-corrected chi connectivity index (χ0v) is 16.3. The maximum absolute atomic E-state index is 13.9. The molecule has 2 aliphatic rings. The van der Waals surface area contributed by atoms with Crippen LogP contribution in [0.1, 0.15) is 30.4 Å². The van der Waals surface area contributed by atoms with Crippen LogP contribution in [-0.4, -0.2) is 78.8 Å². The van der Waals surface area contributed by atoms with E-state index < -0.39 is 0 Å². The number of aliphatic hydroxyl groups is 1. The van der Waals surface area contributed by atoms with Crippen LogP contribution in [0.3, 0.4) is 0 Å². The highest BCUT2D eigenvalue weighted by Gasteiger charge is 2.34. The van der Waals surface area contributed by atoms with Crippen molar-refractivity contribution in [2.75, 3.05) is 52.9 Å². The van der Waals surface area contributed by atoms with E-state index >= 15 is 0 Å². The van der Waals surface area contributed by atoms with Gasteiger partial charge in [-0.1, -0.05) is 12.1 Å². The normalized spacial score (nSPS) is 26.3. The molecule has 0 amide bonds. The second kappa shape index (κ2) is 9.27. The van der Waals surface area contributed by atoms with Gasteiger partial charge in [-0.3, -0.25) is 9.80 Å². The summed E-state index contributed by atoms with van der Waals surface area (Å²) in [5, 5.41) is 9.32. The number of likely N-dealkylation sites (N-methyl/N-ethyl adjacent to an activating group) is 1. The summed E-state index contributed by atoms with van der Waals surface area (Å²) in [6.07, 6.45) is 3.13. The number of piperidine rings is 1. The number of benzene rings is 1. The summed E-state index contributed by atoms with van der Waals surface area (Å²) >= 11 is 0. The van der Waals surface area contributed by atoms with E-state index in [9.17, 15) is 9.50 Å². The first-order chi connectivity index (χ1) is 12.6. The summed E-state index contributed by atoms with van der Waals surface area (Å²) in [5.74, 6) is 0.486. The number of piperazine rings is 1. The highest BCUT2D eigenvalue weighted by atomic mass is 19.1. The maximum atomic E-state index is 13.9. The number of halogens is 1. The van der Waals surface area contributed by atoms with Crippen LogP contribution in [0, 0.1) is 18.7 Å². The number of likely N-dealkylation sites (tertiary alicyclic amines) is 1. The van der Waals surface area contributed by atoms with Gasteiger partial charge < -0.3 is 10.0 Å². The number of hydrogen-bond donors (Lipinski definition) is 1. The molecule has 1 aromatic carbocycles. The fourth-order valence-corrected chi connectivity index (χ4v) is 4.57. The molecule has 2 aliphatic heterocycles. The Morgan fingerprint density at radius 1 is 1.15 bits per heavy atom. The van der Waals surface area contributed by atoms with E-state index in [0.717, 1.165) is 69.8 Å². The lowest BCUT2D eigenvalue weighted by Crippen LogP contribution is -2.56. The molecule has 3 rings (SSSR count).